The normalized spacial score (nSPS) is 34.2. The smallest absolute Gasteiger partial charge is 0.0326 e. The lowest BCUT2D eigenvalue weighted by atomic mass is 9.85. The van der Waals surface area contributed by atoms with E-state index in [4.69, 9.17) is 0 Å². The van der Waals surface area contributed by atoms with E-state index >= 15 is 0 Å². The topological polar surface area (TPSA) is 0 Å². The zero-order valence-corrected chi connectivity index (χ0v) is 9.61. The van der Waals surface area contributed by atoms with Crippen molar-refractivity contribution < 1.29 is 0 Å². The van der Waals surface area contributed by atoms with Crippen molar-refractivity contribution in [1.29, 1.82) is 0 Å². The third-order valence-corrected chi connectivity index (χ3v) is 2.94. The summed E-state index contributed by atoms with van der Waals surface area (Å²) in [6.45, 7) is 11.4. The van der Waals surface area contributed by atoms with Gasteiger partial charge in [-0.15, -0.1) is 0 Å². The Hall–Kier alpha value is 0. The summed E-state index contributed by atoms with van der Waals surface area (Å²) in [6, 6.07) is 0. The average molecular weight is 170 g/mol. The summed E-state index contributed by atoms with van der Waals surface area (Å²) in [5.74, 6) is 0.995. The molecule has 0 amide bonds. The predicted octanol–water partition coefficient (Wildman–Crippen LogP) is 4.64. The van der Waals surface area contributed by atoms with Gasteiger partial charge in [0.25, 0.3) is 0 Å². The Bertz CT molecular complexity index is 107. The van der Waals surface area contributed by atoms with Crippen LogP contribution in [0.3, 0.4) is 0 Å². The lowest BCUT2D eigenvalue weighted by Gasteiger charge is -2.20. The molecule has 1 fully saturated rings. The highest BCUT2D eigenvalue weighted by Gasteiger charge is 2.30. The fourth-order valence-corrected chi connectivity index (χ4v) is 1.96. The maximum atomic E-state index is 2.43. The van der Waals surface area contributed by atoms with Crippen LogP contribution in [0.1, 0.15) is 66.7 Å². The molecular weight excluding hydrogens is 144 g/mol. The molecule has 74 valence electrons. The molecule has 1 rings (SSSR count). The standard InChI is InChI=1S/C9H18.C3H8/c1-4-9(3)6-5-8(2)7-9;1-3-2/h8H,4-7H2,1-3H3;3H2,1-2H3. The van der Waals surface area contributed by atoms with Gasteiger partial charge < -0.3 is 0 Å². The second-order valence-electron chi connectivity index (χ2n) is 4.72. The largest absolute Gasteiger partial charge is 0.0656 e. The van der Waals surface area contributed by atoms with Gasteiger partial charge in [0.1, 0.15) is 0 Å². The summed E-state index contributed by atoms with van der Waals surface area (Å²) in [6.07, 6.45) is 7.01. The highest BCUT2D eigenvalue weighted by atomic mass is 14.4. The molecule has 1 aliphatic rings. The molecule has 0 N–H and O–H groups in total. The van der Waals surface area contributed by atoms with Crippen LogP contribution in [0.5, 0.6) is 0 Å². The van der Waals surface area contributed by atoms with Crippen LogP contribution in [0.2, 0.25) is 0 Å². The predicted molar refractivity (Wildman–Crippen MR) is 57.4 cm³/mol. The Morgan fingerprint density at radius 1 is 1.25 bits per heavy atom. The van der Waals surface area contributed by atoms with Gasteiger partial charge in [-0.1, -0.05) is 53.9 Å². The van der Waals surface area contributed by atoms with Crippen molar-refractivity contribution in [2.45, 2.75) is 66.7 Å². The van der Waals surface area contributed by atoms with E-state index < -0.39 is 0 Å². The van der Waals surface area contributed by atoms with Gasteiger partial charge in [-0.05, 0) is 24.2 Å². The Labute approximate surface area is 78.8 Å². The van der Waals surface area contributed by atoms with Crippen LogP contribution >= 0.6 is 0 Å². The van der Waals surface area contributed by atoms with E-state index in [0.717, 1.165) is 5.92 Å². The van der Waals surface area contributed by atoms with Crippen LogP contribution in [0.4, 0.5) is 0 Å². The van der Waals surface area contributed by atoms with Gasteiger partial charge in [-0.25, -0.2) is 0 Å². The summed E-state index contributed by atoms with van der Waals surface area (Å²) in [7, 11) is 0. The molecule has 1 aliphatic carbocycles. The van der Waals surface area contributed by atoms with Crippen molar-refractivity contribution >= 4 is 0 Å². The average Bonchev–Trinajstić information content (AvgIpc) is 2.34. The van der Waals surface area contributed by atoms with Crippen LogP contribution < -0.4 is 0 Å². The molecule has 2 unspecified atom stereocenters. The molecule has 0 heteroatoms. The number of rotatable bonds is 1. The minimum absolute atomic E-state index is 0.708. The van der Waals surface area contributed by atoms with E-state index in [-0.39, 0.29) is 0 Å². The molecule has 0 aromatic carbocycles. The van der Waals surface area contributed by atoms with Crippen molar-refractivity contribution in [3.63, 3.8) is 0 Å². The molecule has 0 aromatic rings. The van der Waals surface area contributed by atoms with Crippen molar-refractivity contribution in [2.24, 2.45) is 11.3 Å². The summed E-state index contributed by atoms with van der Waals surface area (Å²) >= 11 is 0. The summed E-state index contributed by atoms with van der Waals surface area (Å²) in [5, 5.41) is 0. The zero-order valence-electron chi connectivity index (χ0n) is 9.61. The number of hydrogen-bond donors (Lipinski definition) is 0. The van der Waals surface area contributed by atoms with E-state index in [2.05, 4.69) is 34.6 Å². The third kappa shape index (κ3) is 4.13. The third-order valence-electron chi connectivity index (χ3n) is 2.94. The Morgan fingerprint density at radius 3 is 1.92 bits per heavy atom. The van der Waals surface area contributed by atoms with Gasteiger partial charge in [0.2, 0.25) is 0 Å². The molecule has 0 aliphatic heterocycles. The zero-order chi connectivity index (χ0) is 9.61. The van der Waals surface area contributed by atoms with E-state index in [1.807, 2.05) is 0 Å². The lowest BCUT2D eigenvalue weighted by molar-refractivity contribution is 0.312. The first-order chi connectivity index (χ1) is 5.58. The molecule has 0 radical (unpaired) electrons. The Balaban J connectivity index is 0.000000354. The Kier molecular flexibility index (Phi) is 5.61. The lowest BCUT2D eigenvalue weighted by Crippen LogP contribution is -2.08. The second kappa shape index (κ2) is 5.61. The highest BCUT2D eigenvalue weighted by molar-refractivity contribution is 4.82. The van der Waals surface area contributed by atoms with Crippen molar-refractivity contribution in [3.8, 4) is 0 Å². The molecule has 0 aromatic heterocycles. The minimum Gasteiger partial charge on any atom is -0.0656 e. The van der Waals surface area contributed by atoms with Crippen LogP contribution in [0.15, 0.2) is 0 Å². The van der Waals surface area contributed by atoms with Crippen molar-refractivity contribution in [3.05, 3.63) is 0 Å². The van der Waals surface area contributed by atoms with Gasteiger partial charge in [0, 0.05) is 0 Å². The Morgan fingerprint density at radius 2 is 1.75 bits per heavy atom. The summed E-state index contributed by atoms with van der Waals surface area (Å²) in [4.78, 5) is 0. The maximum absolute atomic E-state index is 2.43. The van der Waals surface area contributed by atoms with Crippen LogP contribution in [0.25, 0.3) is 0 Å². The highest BCUT2D eigenvalue weighted by Crippen LogP contribution is 2.43. The van der Waals surface area contributed by atoms with E-state index in [1.165, 1.54) is 32.1 Å². The molecule has 0 heterocycles. The van der Waals surface area contributed by atoms with Gasteiger partial charge in [0.05, 0.1) is 0 Å². The first kappa shape index (κ1) is 12.0. The van der Waals surface area contributed by atoms with Gasteiger partial charge in [-0.2, -0.15) is 0 Å². The van der Waals surface area contributed by atoms with Gasteiger partial charge >= 0.3 is 0 Å². The fourth-order valence-electron chi connectivity index (χ4n) is 1.96. The van der Waals surface area contributed by atoms with Gasteiger partial charge in [-0.3, -0.25) is 0 Å². The fraction of sp³-hybridized carbons (Fsp3) is 1.00. The first-order valence-corrected chi connectivity index (χ1v) is 5.58. The molecule has 0 spiro atoms. The second-order valence-corrected chi connectivity index (χ2v) is 4.72. The van der Waals surface area contributed by atoms with Gasteiger partial charge in [0.15, 0.2) is 0 Å². The quantitative estimate of drug-likeness (QED) is 0.538. The van der Waals surface area contributed by atoms with Crippen LogP contribution in [-0.2, 0) is 0 Å². The first-order valence-electron chi connectivity index (χ1n) is 5.58. The molecule has 2 atom stereocenters. The molecule has 0 saturated heterocycles. The molecular formula is C12H26. The minimum atomic E-state index is 0.708. The van der Waals surface area contributed by atoms with Crippen LogP contribution in [0, 0.1) is 11.3 Å². The maximum Gasteiger partial charge on any atom is -0.0326 e. The molecule has 0 bridgehead atoms. The summed E-state index contributed by atoms with van der Waals surface area (Å²) < 4.78 is 0. The van der Waals surface area contributed by atoms with Crippen molar-refractivity contribution in [1.82, 2.24) is 0 Å². The SMILES string of the molecule is CCC.CCC1(C)CCC(C)C1. The van der Waals surface area contributed by atoms with E-state index in [9.17, 15) is 0 Å². The molecule has 12 heavy (non-hydrogen) atoms. The molecule has 1 saturated carbocycles. The molecule has 0 nitrogen and oxygen atoms in total. The van der Waals surface area contributed by atoms with Crippen molar-refractivity contribution in [2.75, 3.05) is 0 Å². The monoisotopic (exact) mass is 170 g/mol. The number of hydrogen-bond acceptors (Lipinski definition) is 0. The van der Waals surface area contributed by atoms with Crippen LogP contribution in [-0.4, -0.2) is 0 Å². The van der Waals surface area contributed by atoms with E-state index in [1.54, 1.807) is 0 Å². The summed E-state index contributed by atoms with van der Waals surface area (Å²) in [5.41, 5.74) is 0.708. The van der Waals surface area contributed by atoms with E-state index in [0.29, 0.717) is 5.41 Å².